The van der Waals surface area contributed by atoms with Gasteiger partial charge in [0.15, 0.2) is 0 Å². The highest BCUT2D eigenvalue weighted by atomic mass is 32.2. The molecular weight excluding hydrogens is 506 g/mol. The lowest BCUT2D eigenvalue weighted by Gasteiger charge is -2.32. The molecule has 0 saturated heterocycles. The van der Waals surface area contributed by atoms with E-state index in [1.807, 2.05) is 6.92 Å². The zero-order chi connectivity index (χ0) is 27.9. The van der Waals surface area contributed by atoms with Gasteiger partial charge in [0, 0.05) is 13.6 Å². The van der Waals surface area contributed by atoms with Crippen molar-refractivity contribution in [1.82, 2.24) is 10.2 Å². The molecule has 1 N–H and O–H groups in total. The van der Waals surface area contributed by atoms with E-state index in [1.54, 1.807) is 67.6 Å². The molecule has 0 heterocycles. The van der Waals surface area contributed by atoms with Crippen molar-refractivity contribution in [2.75, 3.05) is 32.1 Å². The molecule has 0 aliphatic heterocycles. The minimum atomic E-state index is -4.18. The maximum Gasteiger partial charge on any atom is 0.264 e. The van der Waals surface area contributed by atoms with Crippen LogP contribution >= 0.6 is 0 Å². The van der Waals surface area contributed by atoms with Gasteiger partial charge in [-0.15, -0.1) is 0 Å². The van der Waals surface area contributed by atoms with Crippen LogP contribution in [0.5, 0.6) is 11.5 Å². The highest BCUT2D eigenvalue weighted by molar-refractivity contribution is 7.92. The van der Waals surface area contributed by atoms with Gasteiger partial charge < -0.3 is 19.7 Å². The summed E-state index contributed by atoms with van der Waals surface area (Å²) in [6.07, 6.45) is 0. The van der Waals surface area contributed by atoms with E-state index in [9.17, 15) is 18.0 Å². The van der Waals surface area contributed by atoms with Crippen molar-refractivity contribution in [3.8, 4) is 11.5 Å². The van der Waals surface area contributed by atoms with Crippen molar-refractivity contribution in [2.24, 2.45) is 0 Å². The van der Waals surface area contributed by atoms with Gasteiger partial charge in [-0.3, -0.25) is 13.9 Å². The van der Waals surface area contributed by atoms with Gasteiger partial charge >= 0.3 is 0 Å². The fraction of sp³-hybridized carbons (Fsp3) is 0.286. The first-order valence-corrected chi connectivity index (χ1v) is 13.4. The number of likely N-dealkylation sites (N-methyl/N-ethyl adjacent to an activating group) is 1. The van der Waals surface area contributed by atoms with Crippen LogP contribution in [0.2, 0.25) is 0 Å². The van der Waals surface area contributed by atoms with Gasteiger partial charge in [0.1, 0.15) is 24.1 Å². The van der Waals surface area contributed by atoms with Crippen LogP contribution in [-0.4, -0.2) is 59.0 Å². The Kier molecular flexibility index (Phi) is 9.35. The Labute approximate surface area is 224 Å². The summed E-state index contributed by atoms with van der Waals surface area (Å²) < 4.78 is 39.5. The van der Waals surface area contributed by atoms with Crippen LogP contribution < -0.4 is 19.1 Å². The van der Waals surface area contributed by atoms with Crippen LogP contribution in [0.1, 0.15) is 18.1 Å². The molecule has 1 atom stereocenters. The van der Waals surface area contributed by atoms with Crippen molar-refractivity contribution in [3.63, 3.8) is 0 Å². The van der Waals surface area contributed by atoms with Crippen LogP contribution in [0.25, 0.3) is 0 Å². The summed E-state index contributed by atoms with van der Waals surface area (Å²) >= 11 is 0. The number of ether oxygens (including phenoxy) is 2. The molecule has 3 rings (SSSR count). The Morgan fingerprint density at radius 2 is 1.66 bits per heavy atom. The first kappa shape index (κ1) is 28.5. The van der Waals surface area contributed by atoms with E-state index in [1.165, 1.54) is 38.3 Å². The van der Waals surface area contributed by atoms with E-state index >= 15 is 0 Å². The van der Waals surface area contributed by atoms with Crippen molar-refractivity contribution in [1.29, 1.82) is 0 Å². The van der Waals surface area contributed by atoms with E-state index in [0.717, 1.165) is 15.4 Å². The molecule has 2 amide bonds. The topological polar surface area (TPSA) is 105 Å². The Hall–Kier alpha value is -4.05. The number of aryl methyl sites for hydroxylation is 1. The molecule has 0 bridgehead atoms. The third-order valence-corrected chi connectivity index (χ3v) is 7.89. The van der Waals surface area contributed by atoms with Crippen LogP contribution in [0.4, 0.5) is 5.69 Å². The standard InChI is InChI=1S/C28H33N3O6S/c1-20-14-15-26(37-5)25(16-20)31(38(34,35)24-12-7-6-8-13-24)19-27(32)30(21(2)28(33)29-3)18-22-10-9-11-23(17-22)36-4/h6-17,21H,18-19H2,1-5H3,(H,29,33). The van der Waals surface area contributed by atoms with E-state index in [4.69, 9.17) is 9.47 Å². The Bertz CT molecular complexity index is 1380. The summed E-state index contributed by atoms with van der Waals surface area (Å²) in [5, 5.41) is 2.57. The number of sulfonamides is 1. The van der Waals surface area contributed by atoms with Gasteiger partial charge in [-0.1, -0.05) is 36.4 Å². The summed E-state index contributed by atoms with van der Waals surface area (Å²) in [6.45, 7) is 2.93. The monoisotopic (exact) mass is 539 g/mol. The number of amides is 2. The van der Waals surface area contributed by atoms with Crippen LogP contribution in [-0.2, 0) is 26.2 Å². The van der Waals surface area contributed by atoms with Gasteiger partial charge in [-0.25, -0.2) is 8.42 Å². The first-order valence-electron chi connectivity index (χ1n) is 12.0. The third-order valence-electron chi connectivity index (χ3n) is 6.11. The number of carbonyl (C=O) groups excluding carboxylic acids is 2. The van der Waals surface area contributed by atoms with Gasteiger partial charge in [0.2, 0.25) is 11.8 Å². The maximum atomic E-state index is 13.9. The molecule has 0 spiro atoms. The van der Waals surface area contributed by atoms with Gasteiger partial charge in [0.25, 0.3) is 10.0 Å². The highest BCUT2D eigenvalue weighted by Gasteiger charge is 2.33. The molecule has 3 aromatic rings. The summed E-state index contributed by atoms with van der Waals surface area (Å²) in [5.74, 6) is -0.0549. The number of hydrogen-bond donors (Lipinski definition) is 1. The second kappa shape index (κ2) is 12.5. The molecule has 0 fully saturated rings. The van der Waals surface area contributed by atoms with Gasteiger partial charge in [-0.05, 0) is 61.4 Å². The lowest BCUT2D eigenvalue weighted by atomic mass is 10.1. The van der Waals surface area contributed by atoms with Gasteiger partial charge in [-0.2, -0.15) is 0 Å². The minimum absolute atomic E-state index is 0.0232. The lowest BCUT2D eigenvalue weighted by molar-refractivity contribution is -0.139. The summed E-state index contributed by atoms with van der Waals surface area (Å²) in [4.78, 5) is 27.9. The smallest absolute Gasteiger partial charge is 0.264 e. The molecule has 1 unspecified atom stereocenters. The minimum Gasteiger partial charge on any atom is -0.497 e. The van der Waals surface area contributed by atoms with Crippen molar-refractivity contribution < 1.29 is 27.5 Å². The molecule has 38 heavy (non-hydrogen) atoms. The van der Waals surface area contributed by atoms with E-state index < -0.39 is 28.5 Å². The SMILES string of the molecule is CNC(=O)C(C)N(Cc1cccc(OC)c1)C(=O)CN(c1cc(C)ccc1OC)S(=O)(=O)c1ccccc1. The second-order valence-corrected chi connectivity index (χ2v) is 10.5. The van der Waals surface area contributed by atoms with Crippen molar-refractivity contribution in [3.05, 3.63) is 83.9 Å². The molecule has 3 aromatic carbocycles. The molecule has 0 aliphatic carbocycles. The van der Waals surface area contributed by atoms with E-state index in [-0.39, 0.29) is 23.0 Å². The van der Waals surface area contributed by atoms with Gasteiger partial charge in [0.05, 0.1) is 24.8 Å². The summed E-state index contributed by atoms with van der Waals surface area (Å²) in [7, 11) is 0.276. The van der Waals surface area contributed by atoms with E-state index in [0.29, 0.717) is 11.5 Å². The number of hydrogen-bond acceptors (Lipinski definition) is 6. The van der Waals surface area contributed by atoms with E-state index in [2.05, 4.69) is 5.32 Å². The molecule has 0 aromatic heterocycles. The van der Waals surface area contributed by atoms with Crippen molar-refractivity contribution >= 4 is 27.5 Å². The zero-order valence-electron chi connectivity index (χ0n) is 22.2. The fourth-order valence-electron chi connectivity index (χ4n) is 3.99. The number of benzene rings is 3. The lowest BCUT2D eigenvalue weighted by Crippen LogP contribution is -2.50. The third kappa shape index (κ3) is 6.44. The number of anilines is 1. The number of methoxy groups -OCH3 is 2. The number of carbonyl (C=O) groups is 2. The Morgan fingerprint density at radius 3 is 2.29 bits per heavy atom. The molecule has 9 nitrogen and oxygen atoms in total. The predicted molar refractivity (Wildman–Crippen MR) is 146 cm³/mol. The zero-order valence-corrected chi connectivity index (χ0v) is 23.0. The molecule has 10 heteroatoms. The second-order valence-electron chi connectivity index (χ2n) is 8.66. The first-order chi connectivity index (χ1) is 18.1. The maximum absolute atomic E-state index is 13.9. The predicted octanol–water partition coefficient (Wildman–Crippen LogP) is 3.37. The quantitative estimate of drug-likeness (QED) is 0.401. The Balaban J connectivity index is 2.09. The van der Waals surface area contributed by atoms with Crippen LogP contribution in [0, 0.1) is 6.92 Å². The Morgan fingerprint density at radius 1 is 0.947 bits per heavy atom. The normalized spacial score (nSPS) is 11.8. The van der Waals surface area contributed by atoms with Crippen LogP contribution in [0.3, 0.4) is 0 Å². The fourth-order valence-corrected chi connectivity index (χ4v) is 5.42. The number of rotatable bonds is 11. The molecule has 202 valence electrons. The highest BCUT2D eigenvalue weighted by Crippen LogP contribution is 2.33. The number of nitrogens with one attached hydrogen (secondary N) is 1. The number of nitrogens with zero attached hydrogens (tertiary/aromatic N) is 2. The molecule has 0 aliphatic rings. The largest absolute Gasteiger partial charge is 0.497 e. The average molecular weight is 540 g/mol. The molecule has 0 radical (unpaired) electrons. The molecule has 0 saturated carbocycles. The van der Waals surface area contributed by atoms with Crippen LogP contribution in [0.15, 0.2) is 77.7 Å². The summed E-state index contributed by atoms with van der Waals surface area (Å²) in [5.41, 5.74) is 1.73. The van der Waals surface area contributed by atoms with Crippen molar-refractivity contribution in [2.45, 2.75) is 31.3 Å². The average Bonchev–Trinajstić information content (AvgIpc) is 2.94. The summed E-state index contributed by atoms with van der Waals surface area (Å²) in [6, 6.07) is 19.2. The molecular formula is C28H33N3O6S.